The number of halogens is 2. The SMILES string of the molecule is Cl.O=C1CC(c2c[nH]c3ccccc23)C(=O)N1CCCCN1CC=C(c2c[nH]c3ccc(Cl)cc23)CC1. The first-order chi connectivity index (χ1) is 17.6. The van der Waals surface area contributed by atoms with Crippen LogP contribution in [0.15, 0.2) is 60.9 Å². The van der Waals surface area contributed by atoms with Crippen molar-refractivity contribution in [3.8, 4) is 0 Å². The zero-order valence-corrected chi connectivity index (χ0v) is 22.1. The molecule has 0 aliphatic carbocycles. The number of aromatic amines is 2. The molecule has 2 N–H and O–H groups in total. The van der Waals surface area contributed by atoms with Crippen LogP contribution in [0.4, 0.5) is 0 Å². The van der Waals surface area contributed by atoms with Gasteiger partial charge in [-0.25, -0.2) is 0 Å². The molecule has 1 atom stereocenters. The van der Waals surface area contributed by atoms with Crippen molar-refractivity contribution in [2.24, 2.45) is 0 Å². The van der Waals surface area contributed by atoms with Gasteiger partial charge in [0.15, 0.2) is 0 Å². The number of hydrogen-bond donors (Lipinski definition) is 2. The molecule has 2 aromatic carbocycles. The summed E-state index contributed by atoms with van der Waals surface area (Å²) in [4.78, 5) is 36.2. The lowest BCUT2D eigenvalue weighted by Crippen LogP contribution is -2.33. The van der Waals surface area contributed by atoms with E-state index < -0.39 is 0 Å². The first-order valence-corrected chi connectivity index (χ1v) is 13.0. The van der Waals surface area contributed by atoms with Crippen LogP contribution in [0, 0.1) is 0 Å². The van der Waals surface area contributed by atoms with E-state index in [2.05, 4.69) is 27.1 Å². The van der Waals surface area contributed by atoms with Gasteiger partial charge >= 0.3 is 0 Å². The second-order valence-corrected chi connectivity index (χ2v) is 10.2. The lowest BCUT2D eigenvalue weighted by Gasteiger charge is -2.26. The van der Waals surface area contributed by atoms with Crippen molar-refractivity contribution in [2.45, 2.75) is 31.6 Å². The molecule has 2 aliphatic rings. The van der Waals surface area contributed by atoms with Crippen molar-refractivity contribution >= 4 is 63.2 Å². The number of unbranched alkanes of at least 4 members (excludes halogenated alkanes) is 1. The number of amides is 2. The Morgan fingerprint density at radius 1 is 0.946 bits per heavy atom. The Morgan fingerprint density at radius 3 is 2.57 bits per heavy atom. The van der Waals surface area contributed by atoms with Crippen LogP contribution in [0.25, 0.3) is 27.4 Å². The second-order valence-electron chi connectivity index (χ2n) is 9.81. The highest BCUT2D eigenvalue weighted by Gasteiger charge is 2.40. The molecule has 0 saturated carbocycles. The zero-order chi connectivity index (χ0) is 24.6. The Bertz CT molecular complexity index is 1490. The maximum absolute atomic E-state index is 13.1. The lowest BCUT2D eigenvalue weighted by atomic mass is 9.97. The molecule has 2 aromatic heterocycles. The van der Waals surface area contributed by atoms with Gasteiger partial charge in [0.05, 0.1) is 5.92 Å². The first-order valence-electron chi connectivity index (χ1n) is 12.7. The summed E-state index contributed by atoms with van der Waals surface area (Å²) in [5, 5.41) is 2.95. The minimum atomic E-state index is -0.376. The Morgan fingerprint density at radius 2 is 1.73 bits per heavy atom. The number of imide groups is 1. The molecule has 4 aromatic rings. The van der Waals surface area contributed by atoms with Crippen molar-refractivity contribution in [1.29, 1.82) is 0 Å². The summed E-state index contributed by atoms with van der Waals surface area (Å²) in [6.45, 7) is 3.38. The van der Waals surface area contributed by atoms with E-state index in [0.717, 1.165) is 65.9 Å². The quantitative estimate of drug-likeness (QED) is 0.220. The third-order valence-electron chi connectivity index (χ3n) is 7.63. The summed E-state index contributed by atoms with van der Waals surface area (Å²) in [5.41, 5.74) is 5.63. The van der Waals surface area contributed by atoms with Gasteiger partial charge in [-0.15, -0.1) is 12.4 Å². The molecule has 0 spiro atoms. The van der Waals surface area contributed by atoms with Crippen LogP contribution in [-0.4, -0.2) is 57.8 Å². The number of H-pyrrole nitrogens is 2. The van der Waals surface area contributed by atoms with Gasteiger partial charge in [-0.2, -0.15) is 0 Å². The van der Waals surface area contributed by atoms with Crippen LogP contribution in [0.5, 0.6) is 0 Å². The second kappa shape index (κ2) is 10.7. The number of carbonyl (C=O) groups excluding carboxylic acids is 2. The minimum absolute atomic E-state index is 0. The van der Waals surface area contributed by atoms with Gasteiger partial charge in [-0.3, -0.25) is 19.4 Å². The fourth-order valence-electron chi connectivity index (χ4n) is 5.67. The summed E-state index contributed by atoms with van der Waals surface area (Å²) in [5.74, 6) is -0.493. The van der Waals surface area contributed by atoms with Crippen LogP contribution in [-0.2, 0) is 9.59 Å². The van der Waals surface area contributed by atoms with E-state index >= 15 is 0 Å². The lowest BCUT2D eigenvalue weighted by molar-refractivity contribution is -0.138. The summed E-state index contributed by atoms with van der Waals surface area (Å²) >= 11 is 6.21. The zero-order valence-electron chi connectivity index (χ0n) is 20.5. The fraction of sp³-hybridized carbons (Fsp3) is 0.310. The largest absolute Gasteiger partial charge is 0.361 e. The highest BCUT2D eigenvalue weighted by Crippen LogP contribution is 2.34. The highest BCUT2D eigenvalue weighted by molar-refractivity contribution is 6.31. The number of hydrogen-bond acceptors (Lipinski definition) is 3. The molecule has 0 bridgehead atoms. The third kappa shape index (κ3) is 4.93. The number of nitrogens with one attached hydrogen (secondary N) is 2. The van der Waals surface area contributed by atoms with Crippen LogP contribution < -0.4 is 0 Å². The van der Waals surface area contributed by atoms with Gasteiger partial charge < -0.3 is 9.97 Å². The topological polar surface area (TPSA) is 72.2 Å². The summed E-state index contributed by atoms with van der Waals surface area (Å²) in [6, 6.07) is 13.9. The highest BCUT2D eigenvalue weighted by atomic mass is 35.5. The number of carbonyl (C=O) groups is 2. The number of rotatable bonds is 7. The monoisotopic (exact) mass is 536 g/mol. The molecular weight excluding hydrogens is 507 g/mol. The molecule has 2 amide bonds. The van der Waals surface area contributed by atoms with E-state index in [1.54, 1.807) is 0 Å². The van der Waals surface area contributed by atoms with Crippen molar-refractivity contribution in [1.82, 2.24) is 19.8 Å². The average molecular weight is 537 g/mol. The van der Waals surface area contributed by atoms with Crippen molar-refractivity contribution in [2.75, 3.05) is 26.2 Å². The van der Waals surface area contributed by atoms with E-state index in [-0.39, 0.29) is 36.6 Å². The number of para-hydroxylation sites is 1. The predicted molar refractivity (Wildman–Crippen MR) is 151 cm³/mol. The summed E-state index contributed by atoms with van der Waals surface area (Å²) < 4.78 is 0. The van der Waals surface area contributed by atoms with Crippen LogP contribution in [0.3, 0.4) is 0 Å². The molecule has 37 heavy (non-hydrogen) atoms. The molecule has 1 fully saturated rings. The minimum Gasteiger partial charge on any atom is -0.361 e. The molecule has 4 heterocycles. The number of likely N-dealkylation sites (tertiary alicyclic amines) is 1. The van der Waals surface area contributed by atoms with E-state index in [0.29, 0.717) is 6.54 Å². The first kappa shape index (κ1) is 25.6. The number of fused-ring (bicyclic) bond motifs is 2. The molecule has 192 valence electrons. The maximum Gasteiger partial charge on any atom is 0.237 e. The molecule has 6 rings (SSSR count). The van der Waals surface area contributed by atoms with Gasteiger partial charge in [-0.1, -0.05) is 35.9 Å². The van der Waals surface area contributed by atoms with Crippen LogP contribution in [0.2, 0.25) is 5.02 Å². The molecule has 6 nitrogen and oxygen atoms in total. The van der Waals surface area contributed by atoms with Gasteiger partial charge in [0, 0.05) is 70.8 Å². The number of aromatic nitrogens is 2. The van der Waals surface area contributed by atoms with Gasteiger partial charge in [0.1, 0.15) is 0 Å². The molecule has 2 aliphatic heterocycles. The van der Waals surface area contributed by atoms with Crippen molar-refractivity contribution in [3.63, 3.8) is 0 Å². The Balaban J connectivity index is 0.00000280. The normalized spacial score (nSPS) is 18.6. The smallest absolute Gasteiger partial charge is 0.237 e. The van der Waals surface area contributed by atoms with E-state index in [1.807, 2.05) is 48.7 Å². The Kier molecular flexibility index (Phi) is 7.43. The van der Waals surface area contributed by atoms with E-state index in [4.69, 9.17) is 11.6 Å². The average Bonchev–Trinajstić information content (AvgIpc) is 3.58. The maximum atomic E-state index is 13.1. The van der Waals surface area contributed by atoms with Crippen molar-refractivity contribution < 1.29 is 9.59 Å². The molecule has 1 saturated heterocycles. The Labute approximate surface area is 227 Å². The van der Waals surface area contributed by atoms with Gasteiger partial charge in [0.25, 0.3) is 0 Å². The van der Waals surface area contributed by atoms with Crippen LogP contribution in [0.1, 0.15) is 42.7 Å². The molecule has 8 heteroatoms. The summed E-state index contributed by atoms with van der Waals surface area (Å²) in [6.07, 6.45) is 9.32. The van der Waals surface area contributed by atoms with E-state index in [1.165, 1.54) is 21.4 Å². The fourth-order valence-corrected chi connectivity index (χ4v) is 5.84. The third-order valence-corrected chi connectivity index (χ3v) is 7.86. The summed E-state index contributed by atoms with van der Waals surface area (Å²) in [7, 11) is 0. The van der Waals surface area contributed by atoms with E-state index in [9.17, 15) is 9.59 Å². The molecule has 0 radical (unpaired) electrons. The van der Waals surface area contributed by atoms with Gasteiger partial charge in [-0.05, 0) is 61.2 Å². The molecular formula is C29H30Cl2N4O2. The Hall–Kier alpha value is -3.06. The molecule has 1 unspecified atom stereocenters. The number of nitrogens with zero attached hydrogens (tertiary/aromatic N) is 2. The van der Waals surface area contributed by atoms with Crippen LogP contribution >= 0.6 is 24.0 Å². The standard InChI is InChI=1S/C29H29ClN4O2.ClH/c30-20-7-8-27-22(15-20)24(17-31-27)19-9-13-33(14-10-19)11-3-4-12-34-28(35)16-23(29(34)36)25-18-32-26-6-2-1-5-21(25)26;/h1-2,5-9,15,17-18,23,31-32H,3-4,10-14,16H2;1H. The number of benzene rings is 2. The van der Waals surface area contributed by atoms with Gasteiger partial charge in [0.2, 0.25) is 11.8 Å². The van der Waals surface area contributed by atoms with Crippen molar-refractivity contribution in [3.05, 3.63) is 77.1 Å². The predicted octanol–water partition coefficient (Wildman–Crippen LogP) is 6.14.